The van der Waals surface area contributed by atoms with E-state index < -0.39 is 0 Å². The number of anilines is 1. The lowest BCUT2D eigenvalue weighted by molar-refractivity contribution is 0.202. The number of nitrogens with two attached hydrogens (primary N) is 1. The third kappa shape index (κ3) is 3.43. The van der Waals surface area contributed by atoms with Gasteiger partial charge >= 0.3 is 0 Å². The van der Waals surface area contributed by atoms with Crippen LogP contribution in [0.25, 0.3) is 0 Å². The summed E-state index contributed by atoms with van der Waals surface area (Å²) in [4.78, 5) is 6.58. The van der Waals surface area contributed by atoms with Gasteiger partial charge in [-0.1, -0.05) is 5.16 Å². The molecule has 0 saturated heterocycles. The Bertz CT molecular complexity index is 519. The van der Waals surface area contributed by atoms with Crippen LogP contribution in [0.3, 0.4) is 0 Å². The molecular formula is C14H22N4O3. The van der Waals surface area contributed by atoms with E-state index in [4.69, 9.17) is 15.7 Å². The smallest absolute Gasteiger partial charge is 0.173 e. The molecule has 21 heavy (non-hydrogen) atoms. The van der Waals surface area contributed by atoms with Gasteiger partial charge in [-0.3, -0.25) is 0 Å². The number of fused-ring (bicyclic) bond motifs is 1. The van der Waals surface area contributed by atoms with Gasteiger partial charge in [0.1, 0.15) is 5.82 Å². The molecule has 0 atom stereocenters. The van der Waals surface area contributed by atoms with E-state index in [1.807, 2.05) is 11.0 Å². The van der Waals surface area contributed by atoms with Crippen LogP contribution in [-0.4, -0.2) is 54.5 Å². The Balaban J connectivity index is 2.42. The molecule has 0 fully saturated rings. The minimum atomic E-state index is -0.00189. The summed E-state index contributed by atoms with van der Waals surface area (Å²) in [5, 5.41) is 21.3. The number of aromatic nitrogens is 1. The predicted octanol–water partition coefficient (Wildman–Crippen LogP) is 0.110. The minimum Gasteiger partial charge on any atom is -0.409 e. The lowest BCUT2D eigenvalue weighted by atomic mass is 10.1. The maximum atomic E-state index is 9.26. The van der Waals surface area contributed by atoms with E-state index in [1.54, 1.807) is 7.11 Å². The Morgan fingerprint density at radius 1 is 1.48 bits per heavy atom. The molecule has 4 N–H and O–H groups in total. The molecule has 0 spiro atoms. The average molecular weight is 294 g/mol. The molecular weight excluding hydrogens is 272 g/mol. The molecule has 116 valence electrons. The summed E-state index contributed by atoms with van der Waals surface area (Å²) in [5.74, 6) is 0.671. The second-order valence-electron chi connectivity index (χ2n) is 5.01. The number of aliphatic hydroxyl groups is 1. The van der Waals surface area contributed by atoms with Gasteiger partial charge in [-0.2, -0.15) is 0 Å². The van der Waals surface area contributed by atoms with Crippen LogP contribution in [0.1, 0.15) is 23.2 Å². The molecule has 1 aliphatic rings. The molecule has 0 aromatic carbocycles. The second kappa shape index (κ2) is 7.24. The molecule has 1 aromatic heterocycles. The van der Waals surface area contributed by atoms with Crippen molar-refractivity contribution in [3.8, 4) is 0 Å². The summed E-state index contributed by atoms with van der Waals surface area (Å²) in [5.41, 5.74) is 8.60. The van der Waals surface area contributed by atoms with Gasteiger partial charge in [0.15, 0.2) is 5.84 Å². The lowest BCUT2D eigenvalue weighted by Crippen LogP contribution is -2.33. The van der Waals surface area contributed by atoms with E-state index in [1.165, 1.54) is 0 Å². The summed E-state index contributed by atoms with van der Waals surface area (Å²) < 4.78 is 5.10. The van der Waals surface area contributed by atoms with Gasteiger partial charge in [0.05, 0.1) is 18.8 Å². The van der Waals surface area contributed by atoms with Gasteiger partial charge < -0.3 is 25.7 Å². The number of methoxy groups -OCH3 is 1. The summed E-state index contributed by atoms with van der Waals surface area (Å²) in [7, 11) is 1.62. The number of ether oxygens (including phenoxy) is 1. The van der Waals surface area contributed by atoms with Crippen molar-refractivity contribution >= 4 is 11.7 Å². The molecule has 0 saturated carbocycles. The fourth-order valence-corrected chi connectivity index (χ4v) is 2.59. The zero-order valence-corrected chi connectivity index (χ0v) is 12.2. The average Bonchev–Trinajstić information content (AvgIpc) is 2.96. The molecule has 0 bridgehead atoms. The van der Waals surface area contributed by atoms with Crippen LogP contribution in [-0.2, 0) is 17.6 Å². The van der Waals surface area contributed by atoms with Gasteiger partial charge in [0.25, 0.3) is 0 Å². The quantitative estimate of drug-likeness (QED) is 0.285. The van der Waals surface area contributed by atoms with Crippen molar-refractivity contribution in [3.05, 3.63) is 22.9 Å². The molecule has 0 amide bonds. The molecule has 0 aliphatic heterocycles. The number of pyridine rings is 1. The number of rotatable bonds is 7. The number of oxime groups is 1. The Morgan fingerprint density at radius 3 is 2.95 bits per heavy atom. The number of hydrogen-bond donors (Lipinski definition) is 3. The first-order chi connectivity index (χ1) is 10.2. The van der Waals surface area contributed by atoms with Crippen LogP contribution in [0.4, 0.5) is 5.82 Å². The highest BCUT2D eigenvalue weighted by molar-refractivity contribution is 6.01. The Labute approximate surface area is 124 Å². The standard InChI is InChI=1S/C14H22N4O3/c1-21-8-6-18(5-7-19)14-11(13(15)17-20)9-10-3-2-4-12(10)16-14/h9,19-20H,2-8H2,1H3,(H2,15,17). The van der Waals surface area contributed by atoms with E-state index in [0.717, 1.165) is 30.5 Å². The van der Waals surface area contributed by atoms with Crippen molar-refractivity contribution in [1.82, 2.24) is 4.98 Å². The van der Waals surface area contributed by atoms with Crippen LogP contribution < -0.4 is 10.6 Å². The number of nitrogens with zero attached hydrogens (tertiary/aromatic N) is 3. The zero-order chi connectivity index (χ0) is 15.2. The predicted molar refractivity (Wildman–Crippen MR) is 79.9 cm³/mol. The maximum absolute atomic E-state index is 9.26. The molecule has 0 radical (unpaired) electrons. The Hall–Kier alpha value is -1.86. The topological polar surface area (TPSA) is 104 Å². The van der Waals surface area contributed by atoms with Gasteiger partial charge in [0.2, 0.25) is 0 Å². The van der Waals surface area contributed by atoms with E-state index in [2.05, 4.69) is 10.1 Å². The molecule has 7 heteroatoms. The number of amidine groups is 1. The molecule has 2 rings (SSSR count). The lowest BCUT2D eigenvalue weighted by Gasteiger charge is -2.25. The van der Waals surface area contributed by atoms with E-state index >= 15 is 0 Å². The number of aliphatic hydroxyl groups excluding tert-OH is 1. The van der Waals surface area contributed by atoms with Crippen molar-refractivity contribution in [1.29, 1.82) is 0 Å². The van der Waals surface area contributed by atoms with E-state index in [-0.39, 0.29) is 12.4 Å². The molecule has 1 aromatic rings. The van der Waals surface area contributed by atoms with Gasteiger partial charge in [-0.25, -0.2) is 4.98 Å². The van der Waals surface area contributed by atoms with Crippen LogP contribution in [0.5, 0.6) is 0 Å². The summed E-state index contributed by atoms with van der Waals surface area (Å²) in [6, 6.07) is 1.94. The van der Waals surface area contributed by atoms with Gasteiger partial charge in [0, 0.05) is 25.9 Å². The minimum absolute atomic E-state index is 0.00189. The van der Waals surface area contributed by atoms with E-state index in [9.17, 15) is 5.11 Å². The van der Waals surface area contributed by atoms with Gasteiger partial charge in [-0.15, -0.1) is 0 Å². The molecule has 1 aliphatic carbocycles. The third-order valence-corrected chi connectivity index (χ3v) is 3.65. The summed E-state index contributed by atoms with van der Waals surface area (Å²) in [6.07, 6.45) is 2.97. The highest BCUT2D eigenvalue weighted by Crippen LogP contribution is 2.27. The zero-order valence-electron chi connectivity index (χ0n) is 12.2. The summed E-state index contributed by atoms with van der Waals surface area (Å²) >= 11 is 0. The van der Waals surface area contributed by atoms with Crippen LogP contribution in [0.2, 0.25) is 0 Å². The van der Waals surface area contributed by atoms with Crippen molar-refractivity contribution in [2.24, 2.45) is 10.9 Å². The Kier molecular flexibility index (Phi) is 5.35. The van der Waals surface area contributed by atoms with Crippen LogP contribution >= 0.6 is 0 Å². The highest BCUT2D eigenvalue weighted by atomic mass is 16.5. The first-order valence-electron chi connectivity index (χ1n) is 7.06. The second-order valence-corrected chi connectivity index (χ2v) is 5.01. The molecule has 1 heterocycles. The number of hydrogen-bond acceptors (Lipinski definition) is 6. The first-order valence-corrected chi connectivity index (χ1v) is 7.06. The molecule has 7 nitrogen and oxygen atoms in total. The fourth-order valence-electron chi connectivity index (χ4n) is 2.59. The highest BCUT2D eigenvalue weighted by Gasteiger charge is 2.21. The van der Waals surface area contributed by atoms with Crippen LogP contribution in [0, 0.1) is 0 Å². The molecule has 0 unspecified atom stereocenters. The van der Waals surface area contributed by atoms with Crippen molar-refractivity contribution in [2.45, 2.75) is 19.3 Å². The third-order valence-electron chi connectivity index (χ3n) is 3.65. The van der Waals surface area contributed by atoms with Crippen molar-refractivity contribution in [2.75, 3.05) is 38.3 Å². The summed E-state index contributed by atoms with van der Waals surface area (Å²) in [6.45, 7) is 1.50. The monoisotopic (exact) mass is 294 g/mol. The van der Waals surface area contributed by atoms with Crippen LogP contribution in [0.15, 0.2) is 11.2 Å². The van der Waals surface area contributed by atoms with E-state index in [0.29, 0.717) is 31.1 Å². The SMILES string of the molecule is COCCN(CCO)c1nc2c(cc1C(N)=NO)CCC2. The first kappa shape index (κ1) is 15.5. The normalized spacial score (nSPS) is 14.3. The fraction of sp³-hybridized carbons (Fsp3) is 0.571. The number of aryl methyl sites for hydroxylation is 2. The Morgan fingerprint density at radius 2 is 2.29 bits per heavy atom. The maximum Gasteiger partial charge on any atom is 0.173 e. The van der Waals surface area contributed by atoms with Gasteiger partial charge in [-0.05, 0) is 30.9 Å². The largest absolute Gasteiger partial charge is 0.409 e. The van der Waals surface area contributed by atoms with Crippen molar-refractivity contribution < 1.29 is 15.1 Å². The van der Waals surface area contributed by atoms with Crippen molar-refractivity contribution in [3.63, 3.8) is 0 Å².